The van der Waals surface area contributed by atoms with Crippen molar-refractivity contribution in [1.29, 1.82) is 0 Å². The van der Waals surface area contributed by atoms with Crippen LogP contribution in [0.5, 0.6) is 0 Å². The smallest absolute Gasteiger partial charge is 0.313 e. The molecular weight excluding hydrogens is 206 g/mol. The normalized spacial score (nSPS) is 11.6. The van der Waals surface area contributed by atoms with Gasteiger partial charge in [-0.2, -0.15) is 0 Å². The molecular formula is C12H23NO3. The molecule has 0 aliphatic carbocycles. The van der Waals surface area contributed by atoms with Crippen LogP contribution in [0.2, 0.25) is 0 Å². The number of ketones is 1. The number of rotatable bonds is 7. The van der Waals surface area contributed by atoms with Gasteiger partial charge in [-0.05, 0) is 34.2 Å². The van der Waals surface area contributed by atoms with E-state index in [-0.39, 0.29) is 17.7 Å². The summed E-state index contributed by atoms with van der Waals surface area (Å²) in [6, 6.07) is 0. The van der Waals surface area contributed by atoms with Gasteiger partial charge in [0.15, 0.2) is 5.78 Å². The lowest BCUT2D eigenvalue weighted by Gasteiger charge is -2.34. The first kappa shape index (κ1) is 15.1. The molecule has 0 saturated carbocycles. The SMILES string of the molecule is CCOC(=O)CC(=O)CN(C)C(C)(C)CC. The molecule has 0 bridgehead atoms. The molecule has 0 amide bonds. The minimum atomic E-state index is -0.435. The van der Waals surface area contributed by atoms with Gasteiger partial charge in [-0.3, -0.25) is 14.5 Å². The predicted octanol–water partition coefficient (Wildman–Crippen LogP) is 1.63. The molecule has 0 atom stereocenters. The summed E-state index contributed by atoms with van der Waals surface area (Å²) in [5.41, 5.74) is -0.0235. The quantitative estimate of drug-likeness (QED) is 0.492. The zero-order valence-electron chi connectivity index (χ0n) is 11.0. The number of Topliss-reactive ketones (excluding diaryl/α,β-unsaturated/α-hetero) is 1. The van der Waals surface area contributed by atoms with Crippen LogP contribution in [0.3, 0.4) is 0 Å². The van der Waals surface area contributed by atoms with Gasteiger partial charge in [0.1, 0.15) is 6.42 Å². The molecule has 0 spiro atoms. The number of likely N-dealkylation sites (N-methyl/N-ethyl adjacent to an activating group) is 1. The van der Waals surface area contributed by atoms with Crippen molar-refractivity contribution in [2.45, 2.75) is 46.1 Å². The first-order chi connectivity index (χ1) is 7.33. The first-order valence-corrected chi connectivity index (χ1v) is 5.72. The highest BCUT2D eigenvalue weighted by Gasteiger charge is 2.23. The highest BCUT2D eigenvalue weighted by molar-refractivity contribution is 5.96. The Balaban J connectivity index is 4.10. The third-order valence-electron chi connectivity index (χ3n) is 2.96. The van der Waals surface area contributed by atoms with Crippen molar-refractivity contribution in [2.24, 2.45) is 0 Å². The van der Waals surface area contributed by atoms with E-state index in [1.54, 1.807) is 6.92 Å². The third kappa shape index (κ3) is 5.26. The minimum Gasteiger partial charge on any atom is -0.466 e. The van der Waals surface area contributed by atoms with Crippen LogP contribution >= 0.6 is 0 Å². The highest BCUT2D eigenvalue weighted by Crippen LogP contribution is 2.15. The van der Waals surface area contributed by atoms with Gasteiger partial charge < -0.3 is 4.74 Å². The maximum Gasteiger partial charge on any atom is 0.313 e. The van der Waals surface area contributed by atoms with Crippen LogP contribution in [-0.4, -0.2) is 42.4 Å². The summed E-state index contributed by atoms with van der Waals surface area (Å²) in [5.74, 6) is -0.530. The number of carbonyl (C=O) groups is 2. The van der Waals surface area contributed by atoms with E-state index in [1.165, 1.54) is 0 Å². The third-order valence-corrected chi connectivity index (χ3v) is 2.96. The second-order valence-corrected chi connectivity index (χ2v) is 4.54. The lowest BCUT2D eigenvalue weighted by molar-refractivity contribution is -0.145. The molecule has 0 heterocycles. The van der Waals surface area contributed by atoms with E-state index in [9.17, 15) is 9.59 Å². The van der Waals surface area contributed by atoms with Gasteiger partial charge in [0, 0.05) is 5.54 Å². The van der Waals surface area contributed by atoms with Crippen molar-refractivity contribution in [3.8, 4) is 0 Å². The molecule has 0 aliphatic heterocycles. The van der Waals surface area contributed by atoms with Crippen LogP contribution in [0.15, 0.2) is 0 Å². The van der Waals surface area contributed by atoms with Gasteiger partial charge in [-0.1, -0.05) is 6.92 Å². The van der Waals surface area contributed by atoms with Crippen molar-refractivity contribution in [1.82, 2.24) is 4.90 Å². The molecule has 4 heteroatoms. The molecule has 0 rings (SSSR count). The zero-order chi connectivity index (χ0) is 12.8. The number of nitrogens with zero attached hydrogens (tertiary/aromatic N) is 1. The second-order valence-electron chi connectivity index (χ2n) is 4.54. The van der Waals surface area contributed by atoms with Crippen molar-refractivity contribution < 1.29 is 14.3 Å². The summed E-state index contributed by atoms with van der Waals surface area (Å²) in [7, 11) is 1.90. The lowest BCUT2D eigenvalue weighted by atomic mass is 9.99. The Bertz CT molecular complexity index is 249. The van der Waals surface area contributed by atoms with E-state index < -0.39 is 5.97 Å². The van der Waals surface area contributed by atoms with Crippen LogP contribution in [0.25, 0.3) is 0 Å². The second kappa shape index (κ2) is 6.63. The van der Waals surface area contributed by atoms with Gasteiger partial charge in [-0.15, -0.1) is 0 Å². The molecule has 0 aromatic rings. The van der Waals surface area contributed by atoms with E-state index in [4.69, 9.17) is 4.74 Å². The van der Waals surface area contributed by atoms with Crippen molar-refractivity contribution in [3.63, 3.8) is 0 Å². The summed E-state index contributed by atoms with van der Waals surface area (Å²) in [4.78, 5) is 24.6. The Hall–Kier alpha value is -0.900. The van der Waals surface area contributed by atoms with Gasteiger partial charge in [-0.25, -0.2) is 0 Å². The van der Waals surface area contributed by atoms with Crippen LogP contribution in [0, 0.1) is 0 Å². The summed E-state index contributed by atoms with van der Waals surface area (Å²) in [6.45, 7) is 8.57. The van der Waals surface area contributed by atoms with Gasteiger partial charge >= 0.3 is 5.97 Å². The molecule has 0 aromatic heterocycles. The largest absolute Gasteiger partial charge is 0.466 e. The highest BCUT2D eigenvalue weighted by atomic mass is 16.5. The fraction of sp³-hybridized carbons (Fsp3) is 0.833. The van der Waals surface area contributed by atoms with E-state index >= 15 is 0 Å². The van der Waals surface area contributed by atoms with Gasteiger partial charge in [0.05, 0.1) is 13.2 Å². The predicted molar refractivity (Wildman–Crippen MR) is 63.3 cm³/mol. The molecule has 94 valence electrons. The fourth-order valence-electron chi connectivity index (χ4n) is 1.18. The van der Waals surface area contributed by atoms with E-state index in [1.807, 2.05) is 11.9 Å². The number of hydrogen-bond acceptors (Lipinski definition) is 4. The van der Waals surface area contributed by atoms with Crippen molar-refractivity contribution in [2.75, 3.05) is 20.2 Å². The molecule has 4 nitrogen and oxygen atoms in total. The summed E-state index contributed by atoms with van der Waals surface area (Å²) in [5, 5.41) is 0. The molecule has 16 heavy (non-hydrogen) atoms. The number of ether oxygens (including phenoxy) is 1. The molecule has 0 saturated heterocycles. The Kier molecular flexibility index (Phi) is 6.26. The van der Waals surface area contributed by atoms with Crippen molar-refractivity contribution in [3.05, 3.63) is 0 Å². The van der Waals surface area contributed by atoms with Crippen LogP contribution < -0.4 is 0 Å². The lowest BCUT2D eigenvalue weighted by Crippen LogP contribution is -2.43. The summed E-state index contributed by atoms with van der Waals surface area (Å²) in [6.07, 6.45) is 0.828. The summed E-state index contributed by atoms with van der Waals surface area (Å²) < 4.78 is 4.73. The van der Waals surface area contributed by atoms with E-state index in [0.29, 0.717) is 13.2 Å². The fourth-order valence-corrected chi connectivity index (χ4v) is 1.18. The molecule has 0 aliphatic rings. The van der Waals surface area contributed by atoms with E-state index in [0.717, 1.165) is 6.42 Å². The molecule has 0 fully saturated rings. The average Bonchev–Trinajstić information content (AvgIpc) is 2.17. The standard InChI is InChI=1S/C12H23NO3/c1-6-12(3,4)13(5)9-10(14)8-11(15)16-7-2/h6-9H2,1-5H3. The Labute approximate surface area is 98.0 Å². The molecule has 0 aromatic carbocycles. The topological polar surface area (TPSA) is 46.6 Å². The average molecular weight is 229 g/mol. The zero-order valence-corrected chi connectivity index (χ0v) is 11.0. The molecule has 0 N–H and O–H groups in total. The monoisotopic (exact) mass is 229 g/mol. The maximum absolute atomic E-state index is 11.6. The number of hydrogen-bond donors (Lipinski definition) is 0. The van der Waals surface area contributed by atoms with Gasteiger partial charge in [0.25, 0.3) is 0 Å². The molecule has 0 radical (unpaired) electrons. The van der Waals surface area contributed by atoms with Crippen LogP contribution in [-0.2, 0) is 14.3 Å². The van der Waals surface area contributed by atoms with Crippen LogP contribution in [0.1, 0.15) is 40.5 Å². The Morgan fingerprint density at radius 1 is 1.25 bits per heavy atom. The molecule has 0 unspecified atom stereocenters. The summed E-state index contributed by atoms with van der Waals surface area (Å²) >= 11 is 0. The maximum atomic E-state index is 11.6. The van der Waals surface area contributed by atoms with E-state index in [2.05, 4.69) is 20.8 Å². The first-order valence-electron chi connectivity index (χ1n) is 5.72. The number of esters is 1. The van der Waals surface area contributed by atoms with Gasteiger partial charge in [0.2, 0.25) is 0 Å². The van der Waals surface area contributed by atoms with Crippen molar-refractivity contribution >= 4 is 11.8 Å². The number of carbonyl (C=O) groups excluding carboxylic acids is 2. The Morgan fingerprint density at radius 3 is 2.25 bits per heavy atom. The minimum absolute atomic E-state index is 0.0235. The van der Waals surface area contributed by atoms with Crippen LogP contribution in [0.4, 0.5) is 0 Å². The Morgan fingerprint density at radius 2 is 1.81 bits per heavy atom.